The molecule has 2 nitrogen and oxygen atoms in total. The van der Waals surface area contributed by atoms with Gasteiger partial charge in [0.1, 0.15) is 0 Å². The summed E-state index contributed by atoms with van der Waals surface area (Å²) in [5.41, 5.74) is 7.91. The average molecular weight is 241 g/mol. The van der Waals surface area contributed by atoms with Crippen molar-refractivity contribution >= 4 is 17.3 Å². The van der Waals surface area contributed by atoms with Gasteiger partial charge in [0.2, 0.25) is 0 Å². The molecule has 0 bridgehead atoms. The van der Waals surface area contributed by atoms with Gasteiger partial charge >= 0.3 is 0 Å². The Labute approximate surface area is 103 Å². The lowest BCUT2D eigenvalue weighted by molar-refractivity contribution is 0.584. The molecule has 0 spiro atoms. The second kappa shape index (κ2) is 6.12. The summed E-state index contributed by atoms with van der Waals surface area (Å²) in [6.07, 6.45) is 1.16. The van der Waals surface area contributed by atoms with Gasteiger partial charge in [-0.25, -0.2) is 0 Å². The van der Waals surface area contributed by atoms with Crippen LogP contribution in [0.5, 0.6) is 0 Å². The second-order valence-electron chi connectivity index (χ2n) is 4.56. The Morgan fingerprint density at radius 1 is 1.38 bits per heavy atom. The summed E-state index contributed by atoms with van der Waals surface area (Å²) >= 11 is 6.22. The van der Waals surface area contributed by atoms with E-state index in [1.165, 1.54) is 0 Å². The Kier molecular flexibility index (Phi) is 5.10. The van der Waals surface area contributed by atoms with Crippen LogP contribution in [0.15, 0.2) is 18.2 Å². The van der Waals surface area contributed by atoms with Gasteiger partial charge in [0.15, 0.2) is 0 Å². The van der Waals surface area contributed by atoms with E-state index < -0.39 is 0 Å². The van der Waals surface area contributed by atoms with Crippen LogP contribution in [0.3, 0.4) is 0 Å². The van der Waals surface area contributed by atoms with E-state index in [1.807, 2.05) is 18.2 Å². The average Bonchev–Trinajstić information content (AvgIpc) is 2.25. The van der Waals surface area contributed by atoms with Crippen molar-refractivity contribution in [3.05, 3.63) is 28.8 Å². The number of nitrogens with two attached hydrogens (primary N) is 1. The Morgan fingerprint density at radius 2 is 2.06 bits per heavy atom. The van der Waals surface area contributed by atoms with Crippen LogP contribution in [0.4, 0.5) is 5.69 Å². The molecule has 1 rings (SSSR count). The molecule has 0 heterocycles. The van der Waals surface area contributed by atoms with Crippen molar-refractivity contribution in [3.8, 4) is 0 Å². The molecule has 2 N–H and O–H groups in total. The molecule has 90 valence electrons. The highest BCUT2D eigenvalue weighted by molar-refractivity contribution is 6.33. The number of anilines is 1. The fourth-order valence-electron chi connectivity index (χ4n) is 1.72. The number of hydrogen-bond donors (Lipinski definition) is 1. The quantitative estimate of drug-likeness (QED) is 0.856. The van der Waals surface area contributed by atoms with Crippen LogP contribution < -0.4 is 10.6 Å². The van der Waals surface area contributed by atoms with Crippen molar-refractivity contribution in [3.63, 3.8) is 0 Å². The molecule has 0 saturated heterocycles. The Hall–Kier alpha value is -0.730. The van der Waals surface area contributed by atoms with Gasteiger partial charge in [-0.1, -0.05) is 37.6 Å². The summed E-state index contributed by atoms with van der Waals surface area (Å²) in [5.74, 6) is 0.700. The molecule has 0 aliphatic carbocycles. The molecule has 0 amide bonds. The van der Waals surface area contributed by atoms with Gasteiger partial charge in [-0.15, -0.1) is 0 Å². The SMILES string of the molecule is CC(C)CCN(C)c1c(Cl)cccc1CN. The summed E-state index contributed by atoms with van der Waals surface area (Å²) in [4.78, 5) is 2.20. The monoisotopic (exact) mass is 240 g/mol. The highest BCUT2D eigenvalue weighted by Gasteiger charge is 2.10. The largest absolute Gasteiger partial charge is 0.373 e. The molecular weight excluding hydrogens is 220 g/mol. The molecule has 0 unspecified atom stereocenters. The van der Waals surface area contributed by atoms with E-state index in [-0.39, 0.29) is 0 Å². The zero-order chi connectivity index (χ0) is 12.1. The van der Waals surface area contributed by atoms with Crippen molar-refractivity contribution < 1.29 is 0 Å². The lowest BCUT2D eigenvalue weighted by Gasteiger charge is -2.24. The van der Waals surface area contributed by atoms with Crippen LogP contribution in [0.25, 0.3) is 0 Å². The van der Waals surface area contributed by atoms with Gasteiger partial charge in [-0.3, -0.25) is 0 Å². The van der Waals surface area contributed by atoms with Crippen LogP contribution in [-0.4, -0.2) is 13.6 Å². The first-order chi connectivity index (χ1) is 7.56. The van der Waals surface area contributed by atoms with Crippen molar-refractivity contribution in [2.24, 2.45) is 11.7 Å². The van der Waals surface area contributed by atoms with Crippen LogP contribution in [-0.2, 0) is 6.54 Å². The first-order valence-electron chi connectivity index (χ1n) is 5.74. The minimum absolute atomic E-state index is 0.530. The highest BCUT2D eigenvalue weighted by atomic mass is 35.5. The normalized spacial score (nSPS) is 10.9. The topological polar surface area (TPSA) is 29.3 Å². The summed E-state index contributed by atoms with van der Waals surface area (Å²) < 4.78 is 0. The summed E-state index contributed by atoms with van der Waals surface area (Å²) in [5, 5.41) is 0.786. The minimum Gasteiger partial charge on any atom is -0.373 e. The van der Waals surface area contributed by atoms with Gasteiger partial charge in [-0.2, -0.15) is 0 Å². The van der Waals surface area contributed by atoms with Gasteiger partial charge in [0, 0.05) is 20.1 Å². The smallest absolute Gasteiger partial charge is 0.0642 e. The molecule has 0 aliphatic heterocycles. The predicted octanol–water partition coefficient (Wildman–Crippen LogP) is 3.28. The number of rotatable bonds is 5. The van der Waals surface area contributed by atoms with E-state index in [1.54, 1.807) is 0 Å². The third-order valence-corrected chi connectivity index (χ3v) is 3.02. The van der Waals surface area contributed by atoms with E-state index >= 15 is 0 Å². The Balaban J connectivity index is 2.84. The summed E-state index contributed by atoms with van der Waals surface area (Å²) in [6, 6.07) is 5.90. The zero-order valence-corrected chi connectivity index (χ0v) is 11.1. The lowest BCUT2D eigenvalue weighted by Crippen LogP contribution is -2.22. The molecule has 1 aromatic carbocycles. The Bertz CT molecular complexity index is 337. The molecule has 0 fully saturated rings. The van der Waals surface area contributed by atoms with E-state index in [9.17, 15) is 0 Å². The van der Waals surface area contributed by atoms with Crippen molar-refractivity contribution in [2.75, 3.05) is 18.5 Å². The first kappa shape index (κ1) is 13.3. The molecule has 0 radical (unpaired) electrons. The Morgan fingerprint density at radius 3 is 2.62 bits per heavy atom. The van der Waals surface area contributed by atoms with E-state index in [0.29, 0.717) is 12.5 Å². The third-order valence-electron chi connectivity index (χ3n) is 2.71. The fraction of sp³-hybridized carbons (Fsp3) is 0.538. The summed E-state index contributed by atoms with van der Waals surface area (Å²) in [6.45, 7) is 5.99. The van der Waals surface area contributed by atoms with Gasteiger partial charge in [0.25, 0.3) is 0 Å². The first-order valence-corrected chi connectivity index (χ1v) is 6.12. The van der Waals surface area contributed by atoms with E-state index in [2.05, 4.69) is 25.8 Å². The molecule has 3 heteroatoms. The van der Waals surface area contributed by atoms with Crippen LogP contribution in [0.2, 0.25) is 5.02 Å². The molecule has 16 heavy (non-hydrogen) atoms. The number of para-hydroxylation sites is 1. The molecule has 0 saturated carbocycles. The maximum Gasteiger partial charge on any atom is 0.0642 e. The number of nitrogens with zero attached hydrogens (tertiary/aromatic N) is 1. The highest BCUT2D eigenvalue weighted by Crippen LogP contribution is 2.29. The zero-order valence-electron chi connectivity index (χ0n) is 10.3. The van der Waals surface area contributed by atoms with Gasteiger partial charge in [-0.05, 0) is 24.0 Å². The van der Waals surface area contributed by atoms with Gasteiger partial charge in [0.05, 0.1) is 10.7 Å². The standard InChI is InChI=1S/C13H21ClN2/c1-10(2)7-8-16(3)13-11(9-15)5-4-6-12(13)14/h4-6,10H,7-9,15H2,1-3H3. The molecule has 0 aliphatic rings. The van der Waals surface area contributed by atoms with Crippen LogP contribution in [0.1, 0.15) is 25.8 Å². The minimum atomic E-state index is 0.530. The van der Waals surface area contributed by atoms with Gasteiger partial charge < -0.3 is 10.6 Å². The van der Waals surface area contributed by atoms with Crippen molar-refractivity contribution in [1.82, 2.24) is 0 Å². The third kappa shape index (κ3) is 3.39. The lowest BCUT2D eigenvalue weighted by atomic mass is 10.1. The molecule has 0 atom stereocenters. The molecular formula is C13H21ClN2. The number of benzene rings is 1. The van der Waals surface area contributed by atoms with E-state index in [0.717, 1.165) is 29.2 Å². The van der Waals surface area contributed by atoms with E-state index in [4.69, 9.17) is 17.3 Å². The van der Waals surface area contributed by atoms with Crippen LogP contribution in [0, 0.1) is 5.92 Å². The summed E-state index contributed by atoms with van der Waals surface area (Å²) in [7, 11) is 2.07. The van der Waals surface area contributed by atoms with Crippen molar-refractivity contribution in [2.45, 2.75) is 26.8 Å². The van der Waals surface area contributed by atoms with Crippen LogP contribution >= 0.6 is 11.6 Å². The second-order valence-corrected chi connectivity index (χ2v) is 4.96. The maximum absolute atomic E-state index is 6.22. The number of halogens is 1. The number of hydrogen-bond acceptors (Lipinski definition) is 2. The van der Waals surface area contributed by atoms with Crippen molar-refractivity contribution in [1.29, 1.82) is 0 Å². The maximum atomic E-state index is 6.22. The predicted molar refractivity (Wildman–Crippen MR) is 72.1 cm³/mol. The molecule has 0 aromatic heterocycles. The molecule has 1 aromatic rings. The fourth-order valence-corrected chi connectivity index (χ4v) is 2.05.